The van der Waals surface area contributed by atoms with Gasteiger partial charge in [-0.05, 0) is 24.6 Å². The summed E-state index contributed by atoms with van der Waals surface area (Å²) in [5.41, 5.74) is 2.47. The van der Waals surface area contributed by atoms with E-state index in [4.69, 9.17) is 0 Å². The number of hydrogen-bond donors (Lipinski definition) is 4. The number of hydrogen-bond acceptors (Lipinski definition) is 5. The van der Waals surface area contributed by atoms with Crippen LogP contribution in [0, 0.1) is 10.1 Å². The summed E-state index contributed by atoms with van der Waals surface area (Å²) in [7, 11) is 0. The van der Waals surface area contributed by atoms with Crippen molar-refractivity contribution in [2.45, 2.75) is 19.3 Å². The minimum absolute atomic E-state index is 0. The third kappa shape index (κ3) is 6.81. The van der Waals surface area contributed by atoms with Crippen molar-refractivity contribution in [1.29, 1.82) is 0 Å². The largest absolute Gasteiger partial charge is 0.378 e. The van der Waals surface area contributed by atoms with Crippen LogP contribution < -0.4 is 21.3 Å². The van der Waals surface area contributed by atoms with E-state index < -0.39 is 4.92 Å². The topological polar surface area (TPSA) is 121 Å². The second kappa shape index (κ2) is 12.1. The lowest BCUT2D eigenvalue weighted by Crippen LogP contribution is -2.40. The third-order valence-electron chi connectivity index (χ3n) is 4.75. The zero-order valence-corrected chi connectivity index (χ0v) is 19.6. The molecule has 0 aromatic heterocycles. The molecular formula is C21H27IN6O3. The number of carbonyl (C=O) groups excluding carboxylic acids is 1. The Morgan fingerprint density at radius 1 is 1.16 bits per heavy atom. The Kier molecular flexibility index (Phi) is 9.50. The predicted molar refractivity (Wildman–Crippen MR) is 133 cm³/mol. The number of carbonyl (C=O) groups is 1. The summed E-state index contributed by atoms with van der Waals surface area (Å²) >= 11 is 0. The van der Waals surface area contributed by atoms with E-state index in [1.807, 2.05) is 31.2 Å². The van der Waals surface area contributed by atoms with Crippen LogP contribution in [0.4, 0.5) is 17.1 Å². The van der Waals surface area contributed by atoms with Crippen molar-refractivity contribution in [2.75, 3.05) is 36.8 Å². The molecule has 1 aliphatic rings. The van der Waals surface area contributed by atoms with Gasteiger partial charge in [0.2, 0.25) is 5.91 Å². The average molecular weight is 538 g/mol. The Balaban J connectivity index is 0.00000341. The number of halogens is 1. The number of nitro groups is 1. The van der Waals surface area contributed by atoms with Gasteiger partial charge in [-0.15, -0.1) is 24.0 Å². The molecule has 0 saturated carbocycles. The van der Waals surface area contributed by atoms with Crippen LogP contribution in [0.3, 0.4) is 0 Å². The van der Waals surface area contributed by atoms with Crippen LogP contribution in [0.15, 0.2) is 53.5 Å². The van der Waals surface area contributed by atoms with Crippen molar-refractivity contribution in [2.24, 2.45) is 4.99 Å². The summed E-state index contributed by atoms with van der Waals surface area (Å²) in [4.78, 5) is 27.3. The zero-order valence-electron chi connectivity index (χ0n) is 17.3. The summed E-state index contributed by atoms with van der Waals surface area (Å²) < 4.78 is 0. The Morgan fingerprint density at radius 2 is 1.90 bits per heavy atom. The Morgan fingerprint density at radius 3 is 2.68 bits per heavy atom. The fourth-order valence-electron chi connectivity index (χ4n) is 3.37. The normalized spacial score (nSPS) is 15.2. The highest BCUT2D eigenvalue weighted by Gasteiger charge is 2.24. The van der Waals surface area contributed by atoms with Crippen molar-refractivity contribution in [3.8, 4) is 0 Å². The van der Waals surface area contributed by atoms with Gasteiger partial charge < -0.3 is 21.3 Å². The molecular weight excluding hydrogens is 511 g/mol. The molecule has 2 aromatic carbocycles. The van der Waals surface area contributed by atoms with Crippen LogP contribution in [-0.4, -0.2) is 43.0 Å². The number of anilines is 2. The number of nitrogens with zero attached hydrogens (tertiary/aromatic N) is 2. The molecule has 31 heavy (non-hydrogen) atoms. The molecule has 10 heteroatoms. The number of benzene rings is 2. The van der Waals surface area contributed by atoms with Crippen LogP contribution in [-0.2, 0) is 4.79 Å². The summed E-state index contributed by atoms with van der Waals surface area (Å²) in [6.07, 6.45) is 0.402. The lowest BCUT2D eigenvalue weighted by Gasteiger charge is -2.24. The van der Waals surface area contributed by atoms with E-state index >= 15 is 0 Å². The Bertz CT molecular complexity index is 937. The van der Waals surface area contributed by atoms with Crippen molar-refractivity contribution >= 4 is 52.9 Å². The maximum Gasteiger partial charge on any atom is 0.292 e. The smallest absolute Gasteiger partial charge is 0.292 e. The van der Waals surface area contributed by atoms with Crippen LogP contribution in [0.2, 0.25) is 0 Å². The Labute approximate surface area is 198 Å². The van der Waals surface area contributed by atoms with Crippen LogP contribution in [0.1, 0.15) is 24.8 Å². The van der Waals surface area contributed by atoms with Gasteiger partial charge in [0, 0.05) is 43.7 Å². The molecule has 0 fully saturated rings. The minimum Gasteiger partial charge on any atom is -0.378 e. The number of rotatable bonds is 8. The number of guanidine groups is 1. The SMILES string of the molecule is CCNC(=NCC1CC(=O)Nc2ccccc21)NCCNc1ccccc1[N+](=O)[O-].I. The van der Waals surface area contributed by atoms with E-state index in [1.54, 1.807) is 18.2 Å². The maximum atomic E-state index is 12.0. The monoisotopic (exact) mass is 538 g/mol. The van der Waals surface area contributed by atoms with Gasteiger partial charge in [-0.2, -0.15) is 0 Å². The molecule has 1 amide bonds. The highest BCUT2D eigenvalue weighted by molar-refractivity contribution is 14.0. The first-order chi connectivity index (χ1) is 14.6. The quantitative estimate of drug-likeness (QED) is 0.102. The highest BCUT2D eigenvalue weighted by Crippen LogP contribution is 2.32. The predicted octanol–water partition coefficient (Wildman–Crippen LogP) is 3.31. The number of nitrogens with one attached hydrogen (secondary N) is 4. The molecule has 2 aromatic rings. The van der Waals surface area contributed by atoms with Crippen molar-refractivity contribution < 1.29 is 9.72 Å². The summed E-state index contributed by atoms with van der Waals surface area (Å²) in [6, 6.07) is 14.3. The van der Waals surface area contributed by atoms with E-state index in [0.717, 1.165) is 11.3 Å². The average Bonchev–Trinajstić information content (AvgIpc) is 2.74. The van der Waals surface area contributed by atoms with Gasteiger partial charge in [-0.25, -0.2) is 0 Å². The first-order valence-electron chi connectivity index (χ1n) is 9.96. The standard InChI is InChI=1S/C21H26N6O3.HI/c1-2-22-21(24-12-11-23-18-9-5-6-10-19(18)27(29)30)25-14-15-13-20(28)26-17-8-4-3-7-16(15)17;/h3-10,15,23H,2,11-14H2,1H3,(H,26,28)(H2,22,24,25);1H. The van der Waals surface area contributed by atoms with E-state index in [0.29, 0.717) is 44.2 Å². The molecule has 0 saturated heterocycles. The number of nitro benzene ring substituents is 1. The number of fused-ring (bicyclic) bond motifs is 1. The fourth-order valence-corrected chi connectivity index (χ4v) is 3.37. The molecule has 166 valence electrons. The van der Waals surface area contributed by atoms with E-state index in [-0.39, 0.29) is 41.5 Å². The summed E-state index contributed by atoms with van der Waals surface area (Å²) in [5.74, 6) is 0.668. The maximum absolute atomic E-state index is 12.0. The molecule has 9 nitrogen and oxygen atoms in total. The van der Waals surface area contributed by atoms with Crippen molar-refractivity contribution in [3.63, 3.8) is 0 Å². The molecule has 4 N–H and O–H groups in total. The van der Waals surface area contributed by atoms with Crippen molar-refractivity contribution in [3.05, 3.63) is 64.2 Å². The van der Waals surface area contributed by atoms with Gasteiger partial charge >= 0.3 is 0 Å². The number of aliphatic imine (C=N–C) groups is 1. The van der Waals surface area contributed by atoms with Gasteiger partial charge in [0.15, 0.2) is 5.96 Å². The molecule has 1 aliphatic heterocycles. The van der Waals surface area contributed by atoms with E-state index in [9.17, 15) is 14.9 Å². The van der Waals surface area contributed by atoms with Gasteiger partial charge in [-0.1, -0.05) is 30.3 Å². The lowest BCUT2D eigenvalue weighted by molar-refractivity contribution is -0.384. The van der Waals surface area contributed by atoms with E-state index in [1.165, 1.54) is 6.07 Å². The molecule has 0 bridgehead atoms. The summed E-state index contributed by atoms with van der Waals surface area (Å²) in [5, 5.41) is 23.5. The van der Waals surface area contributed by atoms with Crippen LogP contribution in [0.5, 0.6) is 0 Å². The highest BCUT2D eigenvalue weighted by atomic mass is 127. The van der Waals surface area contributed by atoms with E-state index in [2.05, 4.69) is 26.3 Å². The Hall–Kier alpha value is -2.89. The molecule has 0 aliphatic carbocycles. The van der Waals surface area contributed by atoms with Crippen LogP contribution in [0.25, 0.3) is 0 Å². The molecule has 1 atom stereocenters. The van der Waals surface area contributed by atoms with Gasteiger partial charge in [0.1, 0.15) is 5.69 Å². The second-order valence-electron chi connectivity index (χ2n) is 6.88. The van der Waals surface area contributed by atoms with Crippen molar-refractivity contribution in [1.82, 2.24) is 10.6 Å². The third-order valence-corrected chi connectivity index (χ3v) is 4.75. The fraction of sp³-hybridized carbons (Fsp3) is 0.333. The molecule has 0 spiro atoms. The van der Waals surface area contributed by atoms with Gasteiger partial charge in [-0.3, -0.25) is 19.9 Å². The molecule has 3 rings (SSSR count). The molecule has 0 radical (unpaired) electrons. The van der Waals surface area contributed by atoms with Gasteiger partial charge in [0.25, 0.3) is 5.69 Å². The van der Waals surface area contributed by atoms with Crippen LogP contribution >= 0.6 is 24.0 Å². The lowest BCUT2D eigenvalue weighted by atomic mass is 9.91. The van der Waals surface area contributed by atoms with Gasteiger partial charge in [0.05, 0.1) is 11.5 Å². The zero-order chi connectivity index (χ0) is 21.3. The summed E-state index contributed by atoms with van der Waals surface area (Å²) in [6.45, 7) is 4.18. The second-order valence-corrected chi connectivity index (χ2v) is 6.88. The number of amides is 1. The number of para-hydroxylation sites is 3. The molecule has 1 unspecified atom stereocenters. The molecule has 1 heterocycles. The minimum atomic E-state index is -0.403. The first kappa shape index (κ1) is 24.4. The first-order valence-corrected chi connectivity index (χ1v) is 9.96.